The summed E-state index contributed by atoms with van der Waals surface area (Å²) in [5.74, 6) is 2.40. The lowest BCUT2D eigenvalue weighted by molar-refractivity contribution is 0.410. The fourth-order valence-corrected chi connectivity index (χ4v) is 2.46. The Morgan fingerprint density at radius 3 is 2.05 bits per heavy atom. The van der Waals surface area contributed by atoms with Crippen LogP contribution in [0.3, 0.4) is 0 Å². The fourth-order valence-electron chi connectivity index (χ4n) is 2.46. The van der Waals surface area contributed by atoms with Crippen molar-refractivity contribution in [2.75, 3.05) is 21.3 Å². The lowest BCUT2D eigenvalue weighted by Crippen LogP contribution is -1.87. The quantitative estimate of drug-likeness (QED) is 0.782. The smallest absolute Gasteiger partial charge is 0.143 e. The van der Waals surface area contributed by atoms with Crippen molar-refractivity contribution in [3.05, 3.63) is 30.3 Å². The zero-order valence-electron chi connectivity index (χ0n) is 11.1. The highest BCUT2D eigenvalue weighted by Crippen LogP contribution is 2.40. The molecule has 1 N–H and O–H groups in total. The second-order valence-corrected chi connectivity index (χ2v) is 4.23. The molecule has 0 bridgehead atoms. The second kappa shape index (κ2) is 4.39. The van der Waals surface area contributed by atoms with Gasteiger partial charge in [0.15, 0.2) is 0 Å². The molecule has 2 aromatic carbocycles. The Bertz CT molecular complexity index is 746. The van der Waals surface area contributed by atoms with Crippen LogP contribution in [0, 0.1) is 0 Å². The molecule has 0 spiro atoms. The van der Waals surface area contributed by atoms with E-state index in [1.165, 1.54) is 0 Å². The van der Waals surface area contributed by atoms with E-state index in [9.17, 15) is 0 Å². The van der Waals surface area contributed by atoms with Crippen LogP contribution in [0.2, 0.25) is 0 Å². The van der Waals surface area contributed by atoms with Crippen molar-refractivity contribution in [2.24, 2.45) is 0 Å². The molecular formula is C15H15NO3. The average Bonchev–Trinajstić information content (AvgIpc) is 2.85. The molecule has 0 atom stereocenters. The van der Waals surface area contributed by atoms with Gasteiger partial charge in [0.05, 0.1) is 37.7 Å². The van der Waals surface area contributed by atoms with Crippen LogP contribution in [0.15, 0.2) is 30.3 Å². The SMILES string of the molecule is COc1cccc2c1[nH]c1c(OC)ccc(OC)c12. The highest BCUT2D eigenvalue weighted by molar-refractivity contribution is 6.13. The summed E-state index contributed by atoms with van der Waals surface area (Å²) < 4.78 is 16.2. The average molecular weight is 257 g/mol. The Kier molecular flexibility index (Phi) is 2.71. The first-order valence-corrected chi connectivity index (χ1v) is 5.99. The van der Waals surface area contributed by atoms with Crippen LogP contribution < -0.4 is 14.2 Å². The van der Waals surface area contributed by atoms with Crippen molar-refractivity contribution in [3.63, 3.8) is 0 Å². The van der Waals surface area contributed by atoms with Gasteiger partial charge in [-0.2, -0.15) is 0 Å². The summed E-state index contributed by atoms with van der Waals surface area (Å²) in [6.07, 6.45) is 0. The number of benzene rings is 2. The molecule has 0 aliphatic heterocycles. The van der Waals surface area contributed by atoms with Crippen molar-refractivity contribution in [2.45, 2.75) is 0 Å². The molecule has 4 nitrogen and oxygen atoms in total. The summed E-state index contributed by atoms with van der Waals surface area (Å²) in [7, 11) is 4.99. The summed E-state index contributed by atoms with van der Waals surface area (Å²) in [6, 6.07) is 9.74. The number of aromatic nitrogens is 1. The molecule has 19 heavy (non-hydrogen) atoms. The largest absolute Gasteiger partial charge is 0.496 e. The molecule has 1 heterocycles. The molecule has 0 aliphatic carbocycles. The van der Waals surface area contributed by atoms with Crippen LogP contribution in [0.1, 0.15) is 0 Å². The summed E-state index contributed by atoms with van der Waals surface area (Å²) in [5.41, 5.74) is 1.86. The highest BCUT2D eigenvalue weighted by Gasteiger charge is 2.15. The van der Waals surface area contributed by atoms with Gasteiger partial charge in [0, 0.05) is 5.39 Å². The van der Waals surface area contributed by atoms with Crippen LogP contribution >= 0.6 is 0 Å². The van der Waals surface area contributed by atoms with E-state index in [0.717, 1.165) is 39.1 Å². The molecule has 3 rings (SSSR count). The lowest BCUT2D eigenvalue weighted by Gasteiger charge is -2.06. The number of nitrogens with one attached hydrogen (secondary N) is 1. The Balaban J connectivity index is 2.51. The Labute approximate surface area is 110 Å². The van der Waals surface area contributed by atoms with E-state index in [4.69, 9.17) is 14.2 Å². The van der Waals surface area contributed by atoms with Gasteiger partial charge >= 0.3 is 0 Å². The van der Waals surface area contributed by atoms with Crippen LogP contribution in [0.5, 0.6) is 17.2 Å². The van der Waals surface area contributed by atoms with E-state index in [2.05, 4.69) is 4.98 Å². The van der Waals surface area contributed by atoms with Gasteiger partial charge in [0.25, 0.3) is 0 Å². The maximum Gasteiger partial charge on any atom is 0.143 e. The number of methoxy groups -OCH3 is 3. The number of fused-ring (bicyclic) bond motifs is 3. The molecule has 0 radical (unpaired) electrons. The summed E-state index contributed by atoms with van der Waals surface area (Å²) in [4.78, 5) is 3.36. The molecule has 4 heteroatoms. The number of aromatic amines is 1. The van der Waals surface area contributed by atoms with Gasteiger partial charge in [-0.1, -0.05) is 12.1 Å². The minimum absolute atomic E-state index is 0.786. The maximum absolute atomic E-state index is 5.45. The van der Waals surface area contributed by atoms with Crippen molar-refractivity contribution in [3.8, 4) is 17.2 Å². The number of hydrogen-bond acceptors (Lipinski definition) is 3. The van der Waals surface area contributed by atoms with Crippen molar-refractivity contribution < 1.29 is 14.2 Å². The van der Waals surface area contributed by atoms with Crippen LogP contribution in [-0.2, 0) is 0 Å². The first-order valence-electron chi connectivity index (χ1n) is 5.99. The predicted molar refractivity (Wildman–Crippen MR) is 75.5 cm³/mol. The van der Waals surface area contributed by atoms with Gasteiger partial charge in [0.2, 0.25) is 0 Å². The fraction of sp³-hybridized carbons (Fsp3) is 0.200. The highest BCUT2D eigenvalue weighted by atomic mass is 16.5. The maximum atomic E-state index is 5.45. The number of rotatable bonds is 3. The predicted octanol–water partition coefficient (Wildman–Crippen LogP) is 3.35. The molecule has 0 saturated heterocycles. The molecule has 0 fully saturated rings. The van der Waals surface area contributed by atoms with Crippen molar-refractivity contribution in [1.29, 1.82) is 0 Å². The molecule has 1 aromatic heterocycles. The van der Waals surface area contributed by atoms with Gasteiger partial charge in [0.1, 0.15) is 17.2 Å². The molecule has 0 aliphatic rings. The van der Waals surface area contributed by atoms with E-state index >= 15 is 0 Å². The Morgan fingerprint density at radius 2 is 1.37 bits per heavy atom. The van der Waals surface area contributed by atoms with E-state index in [1.807, 2.05) is 30.3 Å². The Morgan fingerprint density at radius 1 is 0.737 bits per heavy atom. The summed E-state index contributed by atoms with van der Waals surface area (Å²) in [5, 5.41) is 2.07. The molecular weight excluding hydrogens is 242 g/mol. The van der Waals surface area contributed by atoms with Crippen LogP contribution in [-0.4, -0.2) is 26.3 Å². The van der Waals surface area contributed by atoms with E-state index in [0.29, 0.717) is 0 Å². The van der Waals surface area contributed by atoms with Gasteiger partial charge in [-0.25, -0.2) is 0 Å². The van der Waals surface area contributed by atoms with E-state index in [-0.39, 0.29) is 0 Å². The van der Waals surface area contributed by atoms with Gasteiger partial charge in [-0.3, -0.25) is 0 Å². The third kappa shape index (κ3) is 1.60. The third-order valence-corrected chi connectivity index (χ3v) is 3.33. The molecule has 0 saturated carbocycles. The molecule has 0 unspecified atom stereocenters. The summed E-state index contributed by atoms with van der Waals surface area (Å²) in [6.45, 7) is 0. The van der Waals surface area contributed by atoms with Crippen LogP contribution in [0.4, 0.5) is 0 Å². The first kappa shape index (κ1) is 11.7. The van der Waals surface area contributed by atoms with E-state index < -0.39 is 0 Å². The van der Waals surface area contributed by atoms with Gasteiger partial charge < -0.3 is 19.2 Å². The minimum Gasteiger partial charge on any atom is -0.496 e. The summed E-state index contributed by atoms with van der Waals surface area (Å²) >= 11 is 0. The number of ether oxygens (including phenoxy) is 3. The lowest BCUT2D eigenvalue weighted by atomic mass is 10.1. The monoisotopic (exact) mass is 257 g/mol. The molecule has 98 valence electrons. The first-order chi connectivity index (χ1) is 9.30. The molecule has 0 amide bonds. The van der Waals surface area contributed by atoms with Crippen molar-refractivity contribution in [1.82, 2.24) is 4.98 Å². The number of H-pyrrole nitrogens is 1. The minimum atomic E-state index is 0.786. The molecule has 3 aromatic rings. The van der Waals surface area contributed by atoms with Gasteiger partial charge in [-0.05, 0) is 18.2 Å². The number of hydrogen-bond donors (Lipinski definition) is 1. The van der Waals surface area contributed by atoms with Gasteiger partial charge in [-0.15, -0.1) is 0 Å². The second-order valence-electron chi connectivity index (χ2n) is 4.23. The normalized spacial score (nSPS) is 10.9. The third-order valence-electron chi connectivity index (χ3n) is 3.33. The Hall–Kier alpha value is -2.36. The van der Waals surface area contributed by atoms with E-state index in [1.54, 1.807) is 21.3 Å². The standard InChI is InChI=1S/C15H15NO3/c1-17-10-7-8-12(19-3)15-13(10)9-5-4-6-11(18-2)14(9)16-15/h4-8,16H,1-3H3. The van der Waals surface area contributed by atoms with Crippen molar-refractivity contribution >= 4 is 21.8 Å². The van der Waals surface area contributed by atoms with Crippen LogP contribution in [0.25, 0.3) is 21.8 Å². The number of para-hydroxylation sites is 1. The zero-order valence-corrected chi connectivity index (χ0v) is 11.1. The topological polar surface area (TPSA) is 43.5 Å². The zero-order chi connectivity index (χ0) is 13.4.